The lowest BCUT2D eigenvalue weighted by Crippen LogP contribution is -2.38. The summed E-state index contributed by atoms with van der Waals surface area (Å²) in [6, 6.07) is 30.3. The first-order valence-electron chi connectivity index (χ1n) is 11.4. The molecule has 1 heterocycles. The minimum absolute atomic E-state index is 0.119. The van der Waals surface area contributed by atoms with E-state index in [-0.39, 0.29) is 13.2 Å². The Morgan fingerprint density at radius 1 is 0.844 bits per heavy atom. The van der Waals surface area contributed by atoms with E-state index >= 15 is 4.39 Å². The number of benzene rings is 3. The van der Waals surface area contributed by atoms with E-state index in [2.05, 4.69) is 43.3 Å². The Hall–Kier alpha value is -2.53. The van der Waals surface area contributed by atoms with E-state index in [1.807, 2.05) is 54.6 Å². The van der Waals surface area contributed by atoms with Crippen LogP contribution in [0.25, 0.3) is 0 Å². The average molecular weight is 435 g/mol. The Bertz CT molecular complexity index is 836. The van der Waals surface area contributed by atoms with Gasteiger partial charge in [-0.05, 0) is 23.1 Å². The van der Waals surface area contributed by atoms with Gasteiger partial charge in [0, 0.05) is 6.61 Å². The molecule has 0 radical (unpaired) electrons. The Morgan fingerprint density at radius 3 is 1.81 bits per heavy atom. The third kappa shape index (κ3) is 4.78. The van der Waals surface area contributed by atoms with Crippen LogP contribution in [-0.4, -0.2) is 38.2 Å². The van der Waals surface area contributed by atoms with Gasteiger partial charge in [-0.1, -0.05) is 104 Å². The number of alkyl halides is 1. The van der Waals surface area contributed by atoms with Crippen molar-refractivity contribution in [2.75, 3.05) is 19.8 Å². The highest BCUT2D eigenvalue weighted by Gasteiger charge is 2.43. The molecule has 168 valence electrons. The van der Waals surface area contributed by atoms with Crippen LogP contribution in [0.5, 0.6) is 0 Å². The summed E-state index contributed by atoms with van der Waals surface area (Å²) in [4.78, 5) is 0. The summed E-state index contributed by atoms with van der Waals surface area (Å²) in [5.74, 6) is 0. The molecule has 4 heteroatoms. The first-order valence-corrected chi connectivity index (χ1v) is 11.4. The SMILES string of the molecule is CCCCO[C@@H]1CO[C@H](COC(c2ccccc2)(c2ccccc2)c2ccccc2)[C@H]1F. The van der Waals surface area contributed by atoms with Crippen molar-refractivity contribution >= 4 is 0 Å². The lowest BCUT2D eigenvalue weighted by Gasteiger charge is -2.36. The van der Waals surface area contributed by atoms with Gasteiger partial charge in [-0.15, -0.1) is 0 Å². The zero-order valence-electron chi connectivity index (χ0n) is 18.5. The first-order chi connectivity index (χ1) is 15.8. The normalized spacial score (nSPS) is 21.0. The summed E-state index contributed by atoms with van der Waals surface area (Å²) in [5.41, 5.74) is 2.08. The Balaban J connectivity index is 1.65. The van der Waals surface area contributed by atoms with Crippen LogP contribution >= 0.6 is 0 Å². The van der Waals surface area contributed by atoms with Gasteiger partial charge in [-0.3, -0.25) is 0 Å². The molecule has 0 spiro atoms. The highest BCUT2D eigenvalue weighted by Crippen LogP contribution is 2.41. The molecule has 1 fully saturated rings. The van der Waals surface area contributed by atoms with Crippen molar-refractivity contribution in [1.82, 2.24) is 0 Å². The Labute approximate surface area is 190 Å². The minimum atomic E-state index is -1.22. The van der Waals surface area contributed by atoms with Crippen LogP contribution in [0.2, 0.25) is 0 Å². The molecule has 0 aromatic heterocycles. The maximum absolute atomic E-state index is 15.1. The first kappa shape index (κ1) is 22.7. The van der Waals surface area contributed by atoms with Crippen LogP contribution in [-0.2, 0) is 19.8 Å². The fourth-order valence-corrected chi connectivity index (χ4v) is 4.28. The molecule has 1 aliphatic heterocycles. The average Bonchev–Trinajstić information content (AvgIpc) is 3.21. The Kier molecular flexibility index (Phi) is 7.69. The van der Waals surface area contributed by atoms with Crippen molar-refractivity contribution in [3.63, 3.8) is 0 Å². The van der Waals surface area contributed by atoms with Crippen molar-refractivity contribution in [2.45, 2.75) is 43.7 Å². The predicted octanol–water partition coefficient (Wildman–Crippen LogP) is 5.92. The summed E-state index contributed by atoms with van der Waals surface area (Å²) in [7, 11) is 0. The van der Waals surface area contributed by atoms with Crippen LogP contribution in [0.15, 0.2) is 91.0 Å². The third-order valence-corrected chi connectivity index (χ3v) is 6.02. The van der Waals surface area contributed by atoms with Crippen LogP contribution < -0.4 is 0 Å². The number of hydrogen-bond donors (Lipinski definition) is 0. The monoisotopic (exact) mass is 434 g/mol. The molecule has 0 saturated carbocycles. The van der Waals surface area contributed by atoms with Gasteiger partial charge in [0.15, 0.2) is 6.17 Å². The molecule has 0 unspecified atom stereocenters. The van der Waals surface area contributed by atoms with Crippen LogP contribution in [0.3, 0.4) is 0 Å². The highest BCUT2D eigenvalue weighted by atomic mass is 19.1. The molecular formula is C28H31FO3. The molecule has 32 heavy (non-hydrogen) atoms. The fourth-order valence-electron chi connectivity index (χ4n) is 4.28. The third-order valence-electron chi connectivity index (χ3n) is 6.02. The second-order valence-electron chi connectivity index (χ2n) is 8.17. The molecule has 3 aromatic carbocycles. The summed E-state index contributed by atoms with van der Waals surface area (Å²) in [6.07, 6.45) is -0.479. The van der Waals surface area contributed by atoms with E-state index in [0.717, 1.165) is 29.5 Å². The molecule has 4 rings (SSSR count). The molecule has 0 amide bonds. The molecule has 3 aromatic rings. The molecule has 1 saturated heterocycles. The van der Waals surface area contributed by atoms with E-state index in [4.69, 9.17) is 14.2 Å². The van der Waals surface area contributed by atoms with Gasteiger partial charge in [0.25, 0.3) is 0 Å². The second kappa shape index (κ2) is 10.9. The quantitative estimate of drug-likeness (QED) is 0.293. The van der Waals surface area contributed by atoms with Gasteiger partial charge >= 0.3 is 0 Å². The summed E-state index contributed by atoms with van der Waals surface area (Å²) in [5, 5.41) is 0. The van der Waals surface area contributed by atoms with Gasteiger partial charge in [-0.25, -0.2) is 4.39 Å². The highest BCUT2D eigenvalue weighted by molar-refractivity contribution is 5.47. The van der Waals surface area contributed by atoms with Crippen molar-refractivity contribution in [3.8, 4) is 0 Å². The van der Waals surface area contributed by atoms with Gasteiger partial charge in [0.05, 0.1) is 13.2 Å². The Morgan fingerprint density at radius 2 is 1.34 bits per heavy atom. The van der Waals surface area contributed by atoms with E-state index in [1.165, 1.54) is 0 Å². The minimum Gasteiger partial charge on any atom is -0.373 e. The predicted molar refractivity (Wildman–Crippen MR) is 124 cm³/mol. The van der Waals surface area contributed by atoms with Gasteiger partial charge < -0.3 is 14.2 Å². The molecule has 1 aliphatic rings. The number of hydrogen-bond acceptors (Lipinski definition) is 3. The molecular weight excluding hydrogens is 403 g/mol. The number of ether oxygens (including phenoxy) is 3. The maximum atomic E-state index is 15.1. The lowest BCUT2D eigenvalue weighted by atomic mass is 9.80. The van der Waals surface area contributed by atoms with E-state index in [0.29, 0.717) is 6.61 Å². The largest absolute Gasteiger partial charge is 0.373 e. The van der Waals surface area contributed by atoms with Crippen molar-refractivity contribution in [3.05, 3.63) is 108 Å². The van der Waals surface area contributed by atoms with Crippen molar-refractivity contribution in [2.24, 2.45) is 0 Å². The lowest BCUT2D eigenvalue weighted by molar-refractivity contribution is -0.0597. The zero-order chi connectivity index (χ0) is 22.2. The van der Waals surface area contributed by atoms with Crippen LogP contribution in [0, 0.1) is 0 Å². The van der Waals surface area contributed by atoms with Crippen molar-refractivity contribution < 1.29 is 18.6 Å². The van der Waals surface area contributed by atoms with Crippen LogP contribution in [0.4, 0.5) is 4.39 Å². The van der Waals surface area contributed by atoms with Gasteiger partial charge in [-0.2, -0.15) is 0 Å². The standard InChI is InChI=1S/C28H31FO3/c1-2-3-19-30-25-20-31-26(27(25)29)21-32-28(22-13-7-4-8-14-22,23-15-9-5-10-16-23)24-17-11-6-12-18-24/h4-18,25-27H,2-3,19-21H2,1H3/t25-,26-,27+/m1/s1. The summed E-state index contributed by atoms with van der Waals surface area (Å²) in [6.45, 7) is 3.02. The summed E-state index contributed by atoms with van der Waals surface area (Å²) >= 11 is 0. The topological polar surface area (TPSA) is 27.7 Å². The van der Waals surface area contributed by atoms with E-state index < -0.39 is 24.0 Å². The van der Waals surface area contributed by atoms with Crippen LogP contribution in [0.1, 0.15) is 36.5 Å². The fraction of sp³-hybridized carbons (Fsp3) is 0.357. The molecule has 0 bridgehead atoms. The van der Waals surface area contributed by atoms with E-state index in [9.17, 15) is 0 Å². The number of rotatable bonds is 10. The number of halogens is 1. The smallest absolute Gasteiger partial charge is 0.157 e. The molecule has 3 nitrogen and oxygen atoms in total. The molecule has 0 aliphatic carbocycles. The zero-order valence-corrected chi connectivity index (χ0v) is 18.5. The van der Waals surface area contributed by atoms with Gasteiger partial charge in [0.1, 0.15) is 17.8 Å². The molecule has 0 N–H and O–H groups in total. The van der Waals surface area contributed by atoms with Gasteiger partial charge in [0.2, 0.25) is 0 Å². The maximum Gasteiger partial charge on any atom is 0.157 e. The van der Waals surface area contributed by atoms with Crippen molar-refractivity contribution in [1.29, 1.82) is 0 Å². The summed E-state index contributed by atoms with van der Waals surface area (Å²) < 4.78 is 33.3. The second-order valence-corrected chi connectivity index (χ2v) is 8.17. The van der Waals surface area contributed by atoms with E-state index in [1.54, 1.807) is 0 Å². The molecule has 3 atom stereocenters. The number of unbranched alkanes of at least 4 members (excludes halogenated alkanes) is 1.